The van der Waals surface area contributed by atoms with Crippen LogP contribution in [-0.4, -0.2) is 25.2 Å². The Kier molecular flexibility index (Phi) is 3.98. The maximum atomic E-state index is 11.4. The zero-order valence-electron chi connectivity index (χ0n) is 9.77. The molecule has 0 aliphatic rings. The molecular formula is C12H10BrNO3S. The molecule has 2 aromatic rings. The molecule has 0 saturated carbocycles. The molecule has 0 spiro atoms. The van der Waals surface area contributed by atoms with E-state index in [1.165, 1.54) is 18.4 Å². The summed E-state index contributed by atoms with van der Waals surface area (Å²) in [7, 11) is 2.94. The van der Waals surface area contributed by atoms with E-state index in [0.717, 1.165) is 20.8 Å². The van der Waals surface area contributed by atoms with Crippen LogP contribution in [-0.2, 0) is 4.74 Å². The first-order chi connectivity index (χ1) is 8.65. The van der Waals surface area contributed by atoms with E-state index in [4.69, 9.17) is 4.74 Å². The molecule has 94 valence electrons. The summed E-state index contributed by atoms with van der Waals surface area (Å²) >= 11 is 4.84. The van der Waals surface area contributed by atoms with Gasteiger partial charge in [-0.25, -0.2) is 9.78 Å². The number of thiazole rings is 1. The fourth-order valence-electron chi connectivity index (χ4n) is 1.39. The predicted molar refractivity (Wildman–Crippen MR) is 73.1 cm³/mol. The van der Waals surface area contributed by atoms with Gasteiger partial charge >= 0.3 is 5.97 Å². The van der Waals surface area contributed by atoms with Gasteiger partial charge in [-0.2, -0.15) is 0 Å². The number of aromatic nitrogens is 1. The number of rotatable bonds is 3. The van der Waals surface area contributed by atoms with Crippen molar-refractivity contribution in [3.63, 3.8) is 0 Å². The van der Waals surface area contributed by atoms with Gasteiger partial charge in [-0.3, -0.25) is 0 Å². The third-order valence-corrected chi connectivity index (χ3v) is 3.87. The van der Waals surface area contributed by atoms with Crippen molar-refractivity contribution in [2.45, 2.75) is 0 Å². The molecule has 0 bridgehead atoms. The second kappa shape index (κ2) is 5.49. The zero-order chi connectivity index (χ0) is 13.1. The summed E-state index contributed by atoms with van der Waals surface area (Å²) in [5, 5.41) is 2.41. The van der Waals surface area contributed by atoms with Gasteiger partial charge in [-0.1, -0.05) is 15.9 Å². The van der Waals surface area contributed by atoms with E-state index in [2.05, 4.69) is 25.7 Å². The molecule has 0 saturated heterocycles. The summed E-state index contributed by atoms with van der Waals surface area (Å²) < 4.78 is 10.7. The number of halogens is 1. The van der Waals surface area contributed by atoms with E-state index >= 15 is 0 Å². The standard InChI is InChI=1S/C12H10BrNO3S/c1-16-7-3-4-9(13)8(5-7)11-14-10(6-18-11)12(15)17-2/h3-6H,1-2H3. The van der Waals surface area contributed by atoms with Crippen molar-refractivity contribution in [2.75, 3.05) is 14.2 Å². The lowest BCUT2D eigenvalue weighted by Gasteiger charge is -2.04. The summed E-state index contributed by atoms with van der Waals surface area (Å²) in [5.41, 5.74) is 1.20. The molecule has 1 aromatic heterocycles. The van der Waals surface area contributed by atoms with Gasteiger partial charge in [-0.15, -0.1) is 11.3 Å². The minimum Gasteiger partial charge on any atom is -0.497 e. The molecule has 0 aliphatic carbocycles. The zero-order valence-corrected chi connectivity index (χ0v) is 12.2. The van der Waals surface area contributed by atoms with Gasteiger partial charge in [0.1, 0.15) is 10.8 Å². The molecule has 4 nitrogen and oxygen atoms in total. The first kappa shape index (κ1) is 13.0. The van der Waals surface area contributed by atoms with Gasteiger partial charge < -0.3 is 9.47 Å². The first-order valence-corrected chi connectivity index (χ1v) is 6.70. The van der Waals surface area contributed by atoms with Crippen LogP contribution in [0.15, 0.2) is 28.1 Å². The monoisotopic (exact) mass is 327 g/mol. The minimum atomic E-state index is -0.434. The Hall–Kier alpha value is -1.40. The Bertz CT molecular complexity index is 582. The molecule has 2 rings (SSSR count). The molecule has 6 heteroatoms. The highest BCUT2D eigenvalue weighted by Crippen LogP contribution is 2.33. The van der Waals surface area contributed by atoms with E-state index in [1.54, 1.807) is 12.5 Å². The molecule has 0 amide bonds. The highest BCUT2D eigenvalue weighted by atomic mass is 79.9. The number of ether oxygens (including phenoxy) is 2. The Morgan fingerprint density at radius 3 is 2.83 bits per heavy atom. The second-order valence-corrected chi connectivity index (χ2v) is 5.09. The Morgan fingerprint density at radius 2 is 2.17 bits per heavy atom. The normalized spacial score (nSPS) is 10.2. The van der Waals surface area contributed by atoms with Gasteiger partial charge in [0.05, 0.1) is 14.2 Å². The lowest BCUT2D eigenvalue weighted by molar-refractivity contribution is 0.0595. The van der Waals surface area contributed by atoms with Crippen LogP contribution in [0.3, 0.4) is 0 Å². The van der Waals surface area contributed by atoms with Gasteiger partial charge in [0.2, 0.25) is 0 Å². The van der Waals surface area contributed by atoms with Crippen molar-refractivity contribution in [1.29, 1.82) is 0 Å². The fraction of sp³-hybridized carbons (Fsp3) is 0.167. The third kappa shape index (κ3) is 2.54. The first-order valence-electron chi connectivity index (χ1n) is 5.03. The Labute approximate surface area is 117 Å². The van der Waals surface area contributed by atoms with Crippen LogP contribution in [0.25, 0.3) is 10.6 Å². The number of carbonyl (C=O) groups excluding carboxylic acids is 1. The average molecular weight is 328 g/mol. The molecular weight excluding hydrogens is 318 g/mol. The third-order valence-electron chi connectivity index (χ3n) is 2.30. The van der Waals surface area contributed by atoms with Crippen LogP contribution in [0.5, 0.6) is 5.75 Å². The number of methoxy groups -OCH3 is 2. The topological polar surface area (TPSA) is 48.4 Å². The van der Waals surface area contributed by atoms with Gasteiger partial charge in [-0.05, 0) is 18.2 Å². The fourth-order valence-corrected chi connectivity index (χ4v) is 2.78. The average Bonchev–Trinajstić information content (AvgIpc) is 2.88. The number of hydrogen-bond donors (Lipinski definition) is 0. The maximum Gasteiger partial charge on any atom is 0.357 e. The SMILES string of the molecule is COC(=O)c1csc(-c2cc(OC)ccc2Br)n1. The molecule has 0 radical (unpaired) electrons. The Morgan fingerprint density at radius 1 is 1.39 bits per heavy atom. The second-order valence-electron chi connectivity index (χ2n) is 3.38. The van der Waals surface area contributed by atoms with Crippen LogP contribution in [0, 0.1) is 0 Å². The van der Waals surface area contributed by atoms with Gasteiger partial charge in [0.15, 0.2) is 5.69 Å². The van der Waals surface area contributed by atoms with E-state index in [-0.39, 0.29) is 0 Å². The van der Waals surface area contributed by atoms with Crippen molar-refractivity contribution in [3.05, 3.63) is 33.7 Å². The number of benzene rings is 1. The van der Waals surface area contributed by atoms with Crippen molar-refractivity contribution < 1.29 is 14.3 Å². The van der Waals surface area contributed by atoms with Crippen LogP contribution < -0.4 is 4.74 Å². The molecule has 0 unspecified atom stereocenters. The van der Waals surface area contributed by atoms with E-state index in [1.807, 2.05) is 18.2 Å². The number of hydrogen-bond acceptors (Lipinski definition) is 5. The molecule has 0 fully saturated rings. The lowest BCUT2D eigenvalue weighted by atomic mass is 10.2. The van der Waals surface area contributed by atoms with Crippen molar-refractivity contribution in [3.8, 4) is 16.3 Å². The van der Waals surface area contributed by atoms with Gasteiger partial charge in [0, 0.05) is 15.4 Å². The summed E-state index contributed by atoms with van der Waals surface area (Å²) in [4.78, 5) is 15.6. The highest BCUT2D eigenvalue weighted by molar-refractivity contribution is 9.10. The summed E-state index contributed by atoms with van der Waals surface area (Å²) in [6, 6.07) is 5.60. The summed E-state index contributed by atoms with van der Waals surface area (Å²) in [6.45, 7) is 0. The molecule has 0 aliphatic heterocycles. The van der Waals surface area contributed by atoms with E-state index < -0.39 is 5.97 Å². The predicted octanol–water partition coefficient (Wildman–Crippen LogP) is 3.37. The van der Waals surface area contributed by atoms with E-state index in [9.17, 15) is 4.79 Å². The highest BCUT2D eigenvalue weighted by Gasteiger charge is 2.14. The largest absolute Gasteiger partial charge is 0.497 e. The van der Waals surface area contributed by atoms with Crippen molar-refractivity contribution in [1.82, 2.24) is 4.98 Å². The number of carbonyl (C=O) groups is 1. The van der Waals surface area contributed by atoms with E-state index in [0.29, 0.717) is 5.69 Å². The van der Waals surface area contributed by atoms with Crippen molar-refractivity contribution >= 4 is 33.2 Å². The molecule has 0 atom stereocenters. The maximum absolute atomic E-state index is 11.4. The van der Waals surface area contributed by atoms with Crippen LogP contribution >= 0.6 is 27.3 Å². The summed E-state index contributed by atoms with van der Waals surface area (Å²) in [6.07, 6.45) is 0. The van der Waals surface area contributed by atoms with Crippen LogP contribution in [0.4, 0.5) is 0 Å². The molecule has 0 N–H and O–H groups in total. The smallest absolute Gasteiger partial charge is 0.357 e. The quantitative estimate of drug-likeness (QED) is 0.811. The number of esters is 1. The van der Waals surface area contributed by atoms with Crippen LogP contribution in [0.1, 0.15) is 10.5 Å². The molecule has 18 heavy (non-hydrogen) atoms. The molecule has 1 aromatic carbocycles. The van der Waals surface area contributed by atoms with Gasteiger partial charge in [0.25, 0.3) is 0 Å². The van der Waals surface area contributed by atoms with Crippen LogP contribution in [0.2, 0.25) is 0 Å². The molecule has 1 heterocycles. The summed E-state index contributed by atoms with van der Waals surface area (Å²) in [5.74, 6) is 0.305. The number of nitrogens with zero attached hydrogens (tertiary/aromatic N) is 1. The van der Waals surface area contributed by atoms with Crippen molar-refractivity contribution in [2.24, 2.45) is 0 Å². The lowest BCUT2D eigenvalue weighted by Crippen LogP contribution is -2.01. The minimum absolute atomic E-state index is 0.312. The Balaban J connectivity index is 2.42.